The van der Waals surface area contributed by atoms with E-state index in [0.29, 0.717) is 5.02 Å². The molecule has 0 atom stereocenters. The van der Waals surface area contributed by atoms with Crippen LogP contribution in [0.15, 0.2) is 30.3 Å². The summed E-state index contributed by atoms with van der Waals surface area (Å²) in [6, 6.07) is 7.20. The lowest BCUT2D eigenvalue weighted by Crippen LogP contribution is -2.36. The van der Waals surface area contributed by atoms with E-state index in [0.717, 1.165) is 18.4 Å². The molecule has 0 spiro atoms. The third-order valence-electron chi connectivity index (χ3n) is 2.96. The highest BCUT2D eigenvalue weighted by Gasteiger charge is 2.09. The van der Waals surface area contributed by atoms with Gasteiger partial charge in [0.25, 0.3) is 5.91 Å². The Morgan fingerprint density at radius 3 is 2.67 bits per heavy atom. The first-order valence-corrected chi connectivity index (χ1v) is 7.32. The van der Waals surface area contributed by atoms with Gasteiger partial charge in [-0.3, -0.25) is 4.79 Å². The van der Waals surface area contributed by atoms with Gasteiger partial charge < -0.3 is 10.1 Å². The SMILES string of the molecule is CCC(CC)NC(=O)COC(=O)/C=C/c1cccc(Cl)c1. The van der Waals surface area contributed by atoms with Crippen molar-refractivity contribution in [1.29, 1.82) is 0 Å². The standard InChI is InChI=1S/C16H20ClNO3/c1-3-14(4-2)18-15(19)11-21-16(20)9-8-12-6-5-7-13(17)10-12/h5-10,14H,3-4,11H2,1-2H3,(H,18,19)/b9-8+. The van der Waals surface area contributed by atoms with Crippen LogP contribution in [0.3, 0.4) is 0 Å². The smallest absolute Gasteiger partial charge is 0.331 e. The highest BCUT2D eigenvalue weighted by atomic mass is 35.5. The Labute approximate surface area is 130 Å². The van der Waals surface area contributed by atoms with Gasteiger partial charge in [-0.25, -0.2) is 4.79 Å². The summed E-state index contributed by atoms with van der Waals surface area (Å²) < 4.78 is 4.87. The average Bonchev–Trinajstić information content (AvgIpc) is 2.48. The van der Waals surface area contributed by atoms with Gasteiger partial charge in [0.05, 0.1) is 0 Å². The van der Waals surface area contributed by atoms with Crippen LogP contribution >= 0.6 is 11.6 Å². The Kier molecular flexibility index (Phi) is 7.54. The number of esters is 1. The van der Waals surface area contributed by atoms with Gasteiger partial charge >= 0.3 is 5.97 Å². The molecule has 0 unspecified atom stereocenters. The van der Waals surface area contributed by atoms with E-state index >= 15 is 0 Å². The Balaban J connectivity index is 2.39. The minimum atomic E-state index is -0.560. The van der Waals surface area contributed by atoms with Gasteiger partial charge in [0, 0.05) is 17.1 Å². The van der Waals surface area contributed by atoms with E-state index < -0.39 is 5.97 Å². The van der Waals surface area contributed by atoms with E-state index in [9.17, 15) is 9.59 Å². The molecule has 0 radical (unpaired) electrons. The minimum absolute atomic E-state index is 0.123. The van der Waals surface area contributed by atoms with Crippen LogP contribution in [0.2, 0.25) is 5.02 Å². The maximum atomic E-state index is 11.6. The third-order valence-corrected chi connectivity index (χ3v) is 3.19. The number of hydrogen-bond donors (Lipinski definition) is 1. The second-order valence-electron chi connectivity index (χ2n) is 4.58. The van der Waals surface area contributed by atoms with Gasteiger partial charge in [0.2, 0.25) is 0 Å². The van der Waals surface area contributed by atoms with Crippen LogP contribution in [-0.2, 0) is 14.3 Å². The van der Waals surface area contributed by atoms with Crippen molar-refractivity contribution >= 4 is 29.6 Å². The fourth-order valence-corrected chi connectivity index (χ4v) is 1.92. The Morgan fingerprint density at radius 2 is 2.05 bits per heavy atom. The monoisotopic (exact) mass is 309 g/mol. The molecule has 0 aliphatic rings. The molecule has 114 valence electrons. The molecule has 0 bridgehead atoms. The van der Waals surface area contributed by atoms with Crippen LogP contribution in [0.1, 0.15) is 32.3 Å². The molecule has 1 N–H and O–H groups in total. The molecular formula is C16H20ClNO3. The predicted octanol–water partition coefficient (Wildman–Crippen LogP) is 3.20. The van der Waals surface area contributed by atoms with Gasteiger partial charge in [-0.2, -0.15) is 0 Å². The third kappa shape index (κ3) is 6.95. The molecule has 0 aliphatic carbocycles. The molecule has 1 aromatic carbocycles. The number of carbonyl (C=O) groups is 2. The van der Waals surface area contributed by atoms with E-state index in [1.165, 1.54) is 6.08 Å². The molecule has 1 amide bonds. The van der Waals surface area contributed by atoms with Crippen LogP contribution < -0.4 is 5.32 Å². The van der Waals surface area contributed by atoms with Crippen LogP contribution in [0.4, 0.5) is 0 Å². The molecule has 0 saturated heterocycles. The molecule has 1 aromatic rings. The van der Waals surface area contributed by atoms with E-state index in [1.54, 1.807) is 24.3 Å². The summed E-state index contributed by atoms with van der Waals surface area (Å²) >= 11 is 5.84. The molecular weight excluding hydrogens is 290 g/mol. The Bertz CT molecular complexity index is 510. The topological polar surface area (TPSA) is 55.4 Å². The molecule has 0 aliphatic heterocycles. The fourth-order valence-electron chi connectivity index (χ4n) is 1.72. The van der Waals surface area contributed by atoms with Gasteiger partial charge in [-0.1, -0.05) is 37.6 Å². The van der Waals surface area contributed by atoms with Crippen LogP contribution in [0, 0.1) is 0 Å². The lowest BCUT2D eigenvalue weighted by Gasteiger charge is -2.14. The summed E-state index contributed by atoms with van der Waals surface area (Å²) in [4.78, 5) is 23.1. The maximum Gasteiger partial charge on any atom is 0.331 e. The summed E-state index contributed by atoms with van der Waals surface area (Å²) in [7, 11) is 0. The van der Waals surface area contributed by atoms with Gasteiger partial charge in [-0.05, 0) is 36.6 Å². The summed E-state index contributed by atoms with van der Waals surface area (Å²) in [6.07, 6.45) is 4.57. The van der Waals surface area contributed by atoms with Crippen LogP contribution in [-0.4, -0.2) is 24.5 Å². The number of carbonyl (C=O) groups excluding carboxylic acids is 2. The van der Waals surface area contributed by atoms with E-state index in [2.05, 4.69) is 5.32 Å². The second kappa shape index (κ2) is 9.19. The van der Waals surface area contributed by atoms with Crippen molar-refractivity contribution in [3.05, 3.63) is 40.9 Å². The van der Waals surface area contributed by atoms with Crippen molar-refractivity contribution in [2.24, 2.45) is 0 Å². The van der Waals surface area contributed by atoms with Crippen LogP contribution in [0.25, 0.3) is 6.08 Å². The first kappa shape index (κ1) is 17.2. The summed E-state index contributed by atoms with van der Waals surface area (Å²) in [5.74, 6) is -0.845. The second-order valence-corrected chi connectivity index (χ2v) is 5.01. The van der Waals surface area contributed by atoms with Gasteiger partial charge in [0.15, 0.2) is 6.61 Å². The molecule has 0 heterocycles. The lowest BCUT2D eigenvalue weighted by molar-refractivity contribution is -0.144. The van der Waals surface area contributed by atoms with Crippen molar-refractivity contribution in [3.63, 3.8) is 0 Å². The van der Waals surface area contributed by atoms with Crippen molar-refractivity contribution in [3.8, 4) is 0 Å². The molecule has 0 aromatic heterocycles. The number of halogens is 1. The summed E-state index contributed by atoms with van der Waals surface area (Å²) in [6.45, 7) is 3.72. The number of rotatable bonds is 7. The Hall–Kier alpha value is -1.81. The minimum Gasteiger partial charge on any atom is -0.452 e. The zero-order valence-electron chi connectivity index (χ0n) is 12.3. The molecule has 0 fully saturated rings. The first-order chi connectivity index (χ1) is 10.0. The number of amides is 1. The quantitative estimate of drug-likeness (QED) is 0.621. The van der Waals surface area contributed by atoms with Gasteiger partial charge in [0.1, 0.15) is 0 Å². The predicted molar refractivity (Wildman–Crippen MR) is 84.0 cm³/mol. The van der Waals surface area contributed by atoms with Crippen LogP contribution in [0.5, 0.6) is 0 Å². The lowest BCUT2D eigenvalue weighted by atomic mass is 10.2. The molecule has 1 rings (SSSR count). The van der Waals surface area contributed by atoms with Crippen molar-refractivity contribution in [1.82, 2.24) is 5.32 Å². The largest absolute Gasteiger partial charge is 0.452 e. The fraction of sp³-hybridized carbons (Fsp3) is 0.375. The average molecular weight is 310 g/mol. The molecule has 5 heteroatoms. The van der Waals surface area contributed by atoms with Gasteiger partial charge in [-0.15, -0.1) is 0 Å². The zero-order chi connectivity index (χ0) is 15.7. The normalized spacial score (nSPS) is 10.9. The summed E-state index contributed by atoms with van der Waals surface area (Å²) in [5.41, 5.74) is 0.793. The molecule has 21 heavy (non-hydrogen) atoms. The highest BCUT2D eigenvalue weighted by molar-refractivity contribution is 6.30. The first-order valence-electron chi connectivity index (χ1n) is 6.95. The van der Waals surface area contributed by atoms with Crippen molar-refractivity contribution < 1.29 is 14.3 Å². The van der Waals surface area contributed by atoms with E-state index in [4.69, 9.17) is 16.3 Å². The molecule has 0 saturated carbocycles. The number of nitrogens with one attached hydrogen (secondary N) is 1. The molecule has 4 nitrogen and oxygen atoms in total. The van der Waals surface area contributed by atoms with E-state index in [1.807, 2.05) is 19.9 Å². The highest BCUT2D eigenvalue weighted by Crippen LogP contribution is 2.11. The number of hydrogen-bond acceptors (Lipinski definition) is 3. The van der Waals surface area contributed by atoms with Crippen molar-refractivity contribution in [2.45, 2.75) is 32.7 Å². The summed E-state index contributed by atoms with van der Waals surface area (Å²) in [5, 5.41) is 3.39. The zero-order valence-corrected chi connectivity index (χ0v) is 13.0. The number of benzene rings is 1. The number of ether oxygens (including phenoxy) is 1. The van der Waals surface area contributed by atoms with Crippen molar-refractivity contribution in [2.75, 3.05) is 6.61 Å². The van der Waals surface area contributed by atoms with E-state index in [-0.39, 0.29) is 18.6 Å². The Morgan fingerprint density at radius 1 is 1.33 bits per heavy atom. The maximum absolute atomic E-state index is 11.6.